The van der Waals surface area contributed by atoms with Gasteiger partial charge in [-0.3, -0.25) is 0 Å². The number of piperidine rings is 1. The monoisotopic (exact) mass is 447 g/mol. The number of hydrogen-bond donors (Lipinski definition) is 1. The Hall–Kier alpha value is -1.86. The van der Waals surface area contributed by atoms with Crippen molar-refractivity contribution in [1.82, 2.24) is 5.32 Å². The Morgan fingerprint density at radius 2 is 2.06 bits per heavy atom. The molecule has 2 unspecified atom stereocenters. The maximum absolute atomic E-state index is 13.4. The van der Waals surface area contributed by atoms with Gasteiger partial charge in [0.2, 0.25) is 0 Å². The lowest BCUT2D eigenvalue weighted by atomic mass is 9.89. The second-order valence-corrected chi connectivity index (χ2v) is 9.81. The van der Waals surface area contributed by atoms with E-state index in [1.165, 1.54) is 28.9 Å². The predicted octanol–water partition coefficient (Wildman–Crippen LogP) is 5.55. The van der Waals surface area contributed by atoms with Crippen molar-refractivity contribution in [3.05, 3.63) is 52.6 Å². The molecule has 2 aromatic carbocycles. The molecule has 166 valence electrons. The maximum atomic E-state index is 13.4. The van der Waals surface area contributed by atoms with Crippen LogP contribution in [0.1, 0.15) is 41.5 Å². The minimum atomic E-state index is -4.35. The average Bonchev–Trinajstić information content (AvgIpc) is 2.92. The summed E-state index contributed by atoms with van der Waals surface area (Å²) in [5.41, 5.74) is 6.03. The van der Waals surface area contributed by atoms with E-state index in [9.17, 15) is 13.2 Å². The van der Waals surface area contributed by atoms with E-state index >= 15 is 0 Å². The highest BCUT2D eigenvalue weighted by molar-refractivity contribution is 7.98. The smallest absolute Gasteiger partial charge is 0.367 e. The van der Waals surface area contributed by atoms with Gasteiger partial charge in [0.1, 0.15) is 0 Å². The Balaban J connectivity index is 1.61. The minimum Gasteiger partial charge on any atom is -0.367 e. The van der Waals surface area contributed by atoms with Crippen molar-refractivity contribution in [2.24, 2.45) is 0 Å². The first-order valence-electron chi connectivity index (χ1n) is 11.0. The van der Waals surface area contributed by atoms with Crippen LogP contribution in [0.15, 0.2) is 30.3 Å². The molecule has 0 radical (unpaired) electrons. The van der Waals surface area contributed by atoms with Crippen molar-refractivity contribution >= 4 is 28.8 Å². The van der Waals surface area contributed by atoms with Crippen LogP contribution < -0.4 is 15.1 Å². The lowest BCUT2D eigenvalue weighted by Gasteiger charge is -2.33. The highest BCUT2D eigenvalue weighted by atomic mass is 32.2. The molecule has 1 saturated heterocycles. The van der Waals surface area contributed by atoms with Crippen LogP contribution >= 0.6 is 11.8 Å². The van der Waals surface area contributed by atoms with Crippen LogP contribution in [0, 0.1) is 0 Å². The minimum absolute atomic E-state index is 0.450. The van der Waals surface area contributed by atoms with E-state index in [2.05, 4.69) is 22.3 Å². The van der Waals surface area contributed by atoms with Gasteiger partial charge < -0.3 is 15.1 Å². The molecule has 0 aliphatic carbocycles. The third-order valence-electron chi connectivity index (χ3n) is 7.01. The molecule has 5 rings (SSSR count). The van der Waals surface area contributed by atoms with Gasteiger partial charge in [0.25, 0.3) is 0 Å². The molecule has 3 nitrogen and oxygen atoms in total. The van der Waals surface area contributed by atoms with Crippen molar-refractivity contribution in [3.8, 4) is 0 Å². The van der Waals surface area contributed by atoms with Crippen LogP contribution in [0.4, 0.5) is 30.2 Å². The molecule has 0 aromatic heterocycles. The maximum Gasteiger partial charge on any atom is 0.416 e. The number of thioether (sulfide) groups is 1. The fourth-order valence-corrected chi connectivity index (χ4v) is 6.36. The normalized spacial score (nSPS) is 22.7. The summed E-state index contributed by atoms with van der Waals surface area (Å²) in [5, 5.41) is 3.55. The number of benzene rings is 2. The average molecular weight is 448 g/mol. The lowest BCUT2D eigenvalue weighted by molar-refractivity contribution is -0.137. The van der Waals surface area contributed by atoms with Gasteiger partial charge in [-0.05, 0) is 60.3 Å². The van der Waals surface area contributed by atoms with Crippen molar-refractivity contribution in [1.29, 1.82) is 0 Å². The van der Waals surface area contributed by atoms with Crippen LogP contribution in [-0.2, 0) is 18.3 Å². The van der Waals surface area contributed by atoms with Gasteiger partial charge in [-0.1, -0.05) is 13.0 Å². The lowest BCUT2D eigenvalue weighted by Crippen LogP contribution is -2.44. The van der Waals surface area contributed by atoms with E-state index in [0.29, 0.717) is 24.1 Å². The van der Waals surface area contributed by atoms with E-state index in [-0.39, 0.29) is 0 Å². The van der Waals surface area contributed by atoms with Gasteiger partial charge >= 0.3 is 6.18 Å². The number of halogens is 3. The number of fused-ring (bicyclic) bond motifs is 3. The van der Waals surface area contributed by atoms with E-state index in [1.807, 2.05) is 30.6 Å². The number of hydrogen-bond acceptors (Lipinski definition) is 4. The topological polar surface area (TPSA) is 18.5 Å². The molecule has 3 aliphatic rings. The molecular weight excluding hydrogens is 419 g/mol. The number of rotatable bonds is 3. The predicted molar refractivity (Wildman–Crippen MR) is 123 cm³/mol. The Labute approximate surface area is 186 Å². The molecular formula is C24H28F3N3S. The molecule has 0 saturated carbocycles. The number of alkyl halides is 3. The summed E-state index contributed by atoms with van der Waals surface area (Å²) >= 11 is 1.95. The Morgan fingerprint density at radius 1 is 1.23 bits per heavy atom. The van der Waals surface area contributed by atoms with E-state index in [4.69, 9.17) is 0 Å². The summed E-state index contributed by atoms with van der Waals surface area (Å²) in [6, 6.07) is 9.09. The molecule has 0 bridgehead atoms. The molecule has 3 heterocycles. The second-order valence-electron chi connectivity index (χ2n) is 8.71. The first-order chi connectivity index (χ1) is 14.9. The molecule has 1 fully saturated rings. The van der Waals surface area contributed by atoms with Gasteiger partial charge in [-0.15, -0.1) is 0 Å². The highest BCUT2D eigenvalue weighted by Crippen LogP contribution is 2.49. The third-order valence-corrected chi connectivity index (χ3v) is 8.00. The summed E-state index contributed by atoms with van der Waals surface area (Å²) in [6.45, 7) is 5.08. The van der Waals surface area contributed by atoms with Gasteiger partial charge in [0, 0.05) is 60.7 Å². The van der Waals surface area contributed by atoms with Gasteiger partial charge in [-0.2, -0.15) is 24.9 Å². The second kappa shape index (κ2) is 7.93. The van der Waals surface area contributed by atoms with Crippen LogP contribution in [-0.4, -0.2) is 38.5 Å². The molecule has 31 heavy (non-hydrogen) atoms. The summed E-state index contributed by atoms with van der Waals surface area (Å²) < 4.78 is 40.2. The molecule has 0 spiro atoms. The van der Waals surface area contributed by atoms with E-state index in [1.54, 1.807) is 6.07 Å². The zero-order chi connectivity index (χ0) is 21.8. The van der Waals surface area contributed by atoms with Crippen LogP contribution in [0.2, 0.25) is 0 Å². The highest BCUT2D eigenvalue weighted by Gasteiger charge is 2.42. The zero-order valence-electron chi connectivity index (χ0n) is 17.9. The first kappa shape index (κ1) is 21.0. The van der Waals surface area contributed by atoms with E-state index < -0.39 is 11.7 Å². The van der Waals surface area contributed by atoms with Crippen LogP contribution in [0.3, 0.4) is 0 Å². The molecule has 1 N–H and O–H groups in total. The summed E-state index contributed by atoms with van der Waals surface area (Å²) in [6.07, 6.45) is -2.52. The largest absolute Gasteiger partial charge is 0.416 e. The van der Waals surface area contributed by atoms with Crippen molar-refractivity contribution in [2.75, 3.05) is 42.2 Å². The fourth-order valence-electron chi connectivity index (χ4n) is 5.45. The quantitative estimate of drug-likeness (QED) is 0.665. The fraction of sp³-hybridized carbons (Fsp3) is 0.500. The zero-order valence-corrected chi connectivity index (χ0v) is 18.7. The Morgan fingerprint density at radius 3 is 2.84 bits per heavy atom. The van der Waals surface area contributed by atoms with E-state index in [0.717, 1.165) is 48.8 Å². The van der Waals surface area contributed by atoms with Crippen molar-refractivity contribution < 1.29 is 13.2 Å². The number of aryl methyl sites for hydroxylation is 1. The molecule has 7 heteroatoms. The van der Waals surface area contributed by atoms with Crippen molar-refractivity contribution in [2.45, 2.75) is 43.7 Å². The number of nitrogens with one attached hydrogen (secondary N) is 1. The summed E-state index contributed by atoms with van der Waals surface area (Å²) in [7, 11) is 1.90. The number of anilines is 3. The van der Waals surface area contributed by atoms with Crippen LogP contribution in [0.25, 0.3) is 0 Å². The summed E-state index contributed by atoms with van der Waals surface area (Å²) in [4.78, 5) is 4.57. The third kappa shape index (κ3) is 3.59. The summed E-state index contributed by atoms with van der Waals surface area (Å²) in [5.74, 6) is 2.52. The standard InChI is InChI=1S/C24H28F3N3S/c1-3-15-4-5-17(24(25,26)27)11-22(15)29(2)18-10-16-14-31-9-8-30-21-6-7-28-13-20(21)19(12-18)23(16)30/h4-5,10-12,20-21,28H,3,6-9,13-14H2,1-2H3. The van der Waals surface area contributed by atoms with Gasteiger partial charge in [-0.25, -0.2) is 0 Å². The first-order valence-corrected chi connectivity index (χ1v) is 12.2. The number of nitrogens with zero attached hydrogens (tertiary/aromatic N) is 2. The Kier molecular flexibility index (Phi) is 5.37. The molecule has 3 aliphatic heterocycles. The Bertz CT molecular complexity index is 991. The molecule has 0 amide bonds. The van der Waals surface area contributed by atoms with Gasteiger partial charge in [0.05, 0.1) is 5.56 Å². The van der Waals surface area contributed by atoms with Crippen LogP contribution in [0.5, 0.6) is 0 Å². The van der Waals surface area contributed by atoms with Crippen molar-refractivity contribution in [3.63, 3.8) is 0 Å². The molecule has 2 aromatic rings. The molecule has 2 atom stereocenters. The SMILES string of the molecule is CCc1ccc(C(F)(F)F)cc1N(C)c1cc2c3c(c1)C1CNCCC1N3CCSC2. The van der Waals surface area contributed by atoms with Gasteiger partial charge in [0.15, 0.2) is 0 Å².